The number of nitrogens with zero attached hydrogens (tertiary/aromatic N) is 4. The molecule has 11 aromatic rings. The summed E-state index contributed by atoms with van der Waals surface area (Å²) in [5.74, 6) is 1.77. The maximum atomic E-state index is 6.30. The zero-order valence-electron chi connectivity index (χ0n) is 30.7. The molecule has 56 heavy (non-hydrogen) atoms. The van der Waals surface area contributed by atoms with Crippen LogP contribution in [-0.2, 0) is 0 Å². The molecule has 0 bridgehead atoms. The lowest BCUT2D eigenvalue weighted by Crippen LogP contribution is -2.04. The Morgan fingerprint density at radius 2 is 1.20 bits per heavy atom. The number of fused-ring (bicyclic) bond motifs is 7. The van der Waals surface area contributed by atoms with E-state index in [4.69, 9.17) is 19.4 Å². The summed E-state index contributed by atoms with van der Waals surface area (Å²) in [7, 11) is 0. The molecule has 0 spiro atoms. The number of rotatable bonds is 5. The lowest BCUT2D eigenvalue weighted by molar-refractivity contribution is 0.669. The third-order valence-electron chi connectivity index (χ3n) is 10.9. The Bertz CT molecular complexity index is 3340. The molecular formula is C51H32N4O. The monoisotopic (exact) mass is 716 g/mol. The Balaban J connectivity index is 1.20. The van der Waals surface area contributed by atoms with Crippen LogP contribution in [0, 0.1) is 26.0 Å². The highest BCUT2D eigenvalue weighted by atomic mass is 16.3. The fourth-order valence-electron chi connectivity index (χ4n) is 8.27. The molecule has 5 nitrogen and oxygen atoms in total. The number of para-hydroxylation sites is 1. The van der Waals surface area contributed by atoms with Crippen LogP contribution in [0.2, 0.25) is 0 Å². The van der Waals surface area contributed by atoms with Crippen molar-refractivity contribution in [3.63, 3.8) is 0 Å². The number of hydrogen-bond acceptors (Lipinski definition) is 4. The van der Waals surface area contributed by atoms with E-state index in [2.05, 4.69) is 128 Å². The Morgan fingerprint density at radius 1 is 0.500 bits per heavy atom. The summed E-state index contributed by atoms with van der Waals surface area (Å²) < 4.78 is 8.68. The lowest BCUT2D eigenvalue weighted by atomic mass is 9.92. The summed E-state index contributed by atoms with van der Waals surface area (Å²) in [5.41, 5.74) is 12.1. The minimum absolute atomic E-state index is 0.576. The highest BCUT2D eigenvalue weighted by Crippen LogP contribution is 2.42. The van der Waals surface area contributed by atoms with Gasteiger partial charge in [-0.1, -0.05) is 115 Å². The standard InChI is InChI=1S/C51H32N4O/c1-31-14-6-9-19-38(31)48-32(2)26-37(29-45(48)55-43-22-12-10-20-39(43)42-27-34-17-7-8-18-35(34)28-44(42)55)51-53-49(33-15-4-3-5-16-33)52-50(54-51)36-24-25-41-40-21-11-13-23-46(40)56-47(41)30-36/h3-9,11-19,21-30H,1-2H3. The summed E-state index contributed by atoms with van der Waals surface area (Å²) in [5, 5.41) is 6.66. The van der Waals surface area contributed by atoms with Crippen molar-refractivity contribution in [3.05, 3.63) is 181 Å². The molecule has 11 rings (SSSR count). The first-order chi connectivity index (χ1) is 27.6. The SMILES string of the molecule is Cc1ccccc1-c1c(C)cc(-c2nc(-c3ccccc3)nc(-c3ccc4c(c3)oc3ccccc34)n2)cc1-n1c2ccc#cc2c2cc3ccccc3cc21. The zero-order chi connectivity index (χ0) is 37.3. The van der Waals surface area contributed by atoms with Crippen LogP contribution >= 0.6 is 0 Å². The van der Waals surface area contributed by atoms with Crippen LogP contribution in [0.15, 0.2) is 162 Å². The van der Waals surface area contributed by atoms with E-state index in [9.17, 15) is 0 Å². The van der Waals surface area contributed by atoms with E-state index >= 15 is 0 Å². The summed E-state index contributed by atoms with van der Waals surface area (Å²) in [4.78, 5) is 15.5. The molecule has 0 aliphatic rings. The molecule has 0 fully saturated rings. The van der Waals surface area contributed by atoms with Gasteiger partial charge in [-0.2, -0.15) is 0 Å². The van der Waals surface area contributed by atoms with Gasteiger partial charge in [-0.05, 0) is 95.9 Å². The molecule has 0 N–H and O–H groups in total. The largest absolute Gasteiger partial charge is 0.456 e. The predicted molar refractivity (Wildman–Crippen MR) is 228 cm³/mol. The third kappa shape index (κ3) is 5.08. The van der Waals surface area contributed by atoms with Gasteiger partial charge in [0.15, 0.2) is 17.5 Å². The summed E-state index contributed by atoms with van der Waals surface area (Å²) >= 11 is 0. The smallest absolute Gasteiger partial charge is 0.164 e. The van der Waals surface area contributed by atoms with Crippen LogP contribution in [0.5, 0.6) is 0 Å². The van der Waals surface area contributed by atoms with E-state index < -0.39 is 0 Å². The van der Waals surface area contributed by atoms with Crippen LogP contribution in [0.1, 0.15) is 11.1 Å². The minimum Gasteiger partial charge on any atom is -0.456 e. The van der Waals surface area contributed by atoms with Gasteiger partial charge >= 0.3 is 0 Å². The van der Waals surface area contributed by atoms with Crippen LogP contribution in [-0.4, -0.2) is 19.5 Å². The summed E-state index contributed by atoms with van der Waals surface area (Å²) in [6.07, 6.45) is 0. The van der Waals surface area contributed by atoms with E-state index in [-0.39, 0.29) is 0 Å². The number of furan rings is 1. The molecule has 3 heterocycles. The number of aryl methyl sites for hydroxylation is 2. The quantitative estimate of drug-likeness (QED) is 0.178. The van der Waals surface area contributed by atoms with E-state index in [0.717, 1.165) is 77.2 Å². The molecule has 0 aliphatic carbocycles. The van der Waals surface area contributed by atoms with Gasteiger partial charge in [0.25, 0.3) is 0 Å². The van der Waals surface area contributed by atoms with Crippen molar-refractivity contribution in [1.29, 1.82) is 0 Å². The molecule has 8 aromatic carbocycles. The molecule has 0 saturated carbocycles. The lowest BCUT2D eigenvalue weighted by Gasteiger charge is -2.20. The van der Waals surface area contributed by atoms with Gasteiger partial charge in [0.1, 0.15) is 11.2 Å². The van der Waals surface area contributed by atoms with Crippen molar-refractivity contribution in [3.8, 4) is 51.0 Å². The van der Waals surface area contributed by atoms with Crippen molar-refractivity contribution in [1.82, 2.24) is 19.5 Å². The number of aromatic nitrogens is 4. The fraction of sp³-hybridized carbons (Fsp3) is 0.0392. The van der Waals surface area contributed by atoms with Gasteiger partial charge in [0.05, 0.1) is 22.1 Å². The predicted octanol–water partition coefficient (Wildman–Crippen LogP) is 12.9. The van der Waals surface area contributed by atoms with E-state index in [1.807, 2.05) is 60.7 Å². The molecule has 0 unspecified atom stereocenters. The minimum atomic E-state index is 0.576. The van der Waals surface area contributed by atoms with Crippen LogP contribution < -0.4 is 0 Å². The second-order valence-corrected chi connectivity index (χ2v) is 14.4. The first kappa shape index (κ1) is 31.9. The van der Waals surface area contributed by atoms with Gasteiger partial charge in [0, 0.05) is 38.4 Å². The molecule has 5 heteroatoms. The molecular weight excluding hydrogens is 685 g/mol. The van der Waals surface area contributed by atoms with Crippen LogP contribution in [0.4, 0.5) is 0 Å². The van der Waals surface area contributed by atoms with E-state index in [1.165, 1.54) is 21.9 Å². The maximum Gasteiger partial charge on any atom is 0.164 e. The molecule has 3 aromatic heterocycles. The molecule has 0 amide bonds. The zero-order valence-corrected chi connectivity index (χ0v) is 30.7. The molecule has 262 valence electrons. The van der Waals surface area contributed by atoms with E-state index in [0.29, 0.717) is 17.5 Å². The van der Waals surface area contributed by atoms with Gasteiger partial charge in [-0.25, -0.2) is 15.0 Å². The number of hydrogen-bond donors (Lipinski definition) is 0. The van der Waals surface area contributed by atoms with E-state index in [1.54, 1.807) is 0 Å². The van der Waals surface area contributed by atoms with Gasteiger partial charge < -0.3 is 8.98 Å². The molecule has 0 saturated heterocycles. The molecule has 0 atom stereocenters. The highest BCUT2D eigenvalue weighted by molar-refractivity contribution is 6.13. The first-order valence-electron chi connectivity index (χ1n) is 18.8. The Morgan fingerprint density at radius 3 is 2.04 bits per heavy atom. The molecule has 0 radical (unpaired) electrons. The van der Waals surface area contributed by atoms with Crippen molar-refractivity contribution in [2.24, 2.45) is 0 Å². The maximum absolute atomic E-state index is 6.30. The van der Waals surface area contributed by atoms with Crippen LogP contribution in [0.25, 0.3) is 105 Å². The first-order valence-corrected chi connectivity index (χ1v) is 18.8. The molecule has 0 aliphatic heterocycles. The van der Waals surface area contributed by atoms with Crippen molar-refractivity contribution in [2.45, 2.75) is 13.8 Å². The van der Waals surface area contributed by atoms with Gasteiger partial charge in [-0.3, -0.25) is 0 Å². The van der Waals surface area contributed by atoms with Crippen molar-refractivity contribution < 1.29 is 4.42 Å². The highest BCUT2D eigenvalue weighted by Gasteiger charge is 2.22. The van der Waals surface area contributed by atoms with Gasteiger partial charge in [-0.15, -0.1) is 0 Å². The Labute approximate surface area is 323 Å². The Kier molecular flexibility index (Phi) is 7.14. The fourth-order valence-corrected chi connectivity index (χ4v) is 8.27. The average Bonchev–Trinajstić information content (AvgIpc) is 3.78. The van der Waals surface area contributed by atoms with Gasteiger partial charge in [0.2, 0.25) is 0 Å². The van der Waals surface area contributed by atoms with Crippen molar-refractivity contribution >= 4 is 54.5 Å². The van der Waals surface area contributed by atoms with Crippen molar-refractivity contribution in [2.75, 3.05) is 0 Å². The topological polar surface area (TPSA) is 56.7 Å². The summed E-state index contributed by atoms with van der Waals surface area (Å²) in [6.45, 7) is 4.37. The average molecular weight is 717 g/mol. The number of benzene rings is 7. The summed E-state index contributed by atoms with van der Waals surface area (Å²) in [6, 6.07) is 61.4. The van der Waals surface area contributed by atoms with Crippen LogP contribution in [0.3, 0.4) is 0 Å². The Hall–Kier alpha value is -7.55. The third-order valence-corrected chi connectivity index (χ3v) is 10.9. The second kappa shape index (κ2) is 12.5. The normalized spacial score (nSPS) is 11.6. The second-order valence-electron chi connectivity index (χ2n) is 14.4.